The molecule has 0 aromatic heterocycles. The molecule has 0 bridgehead atoms. The van der Waals surface area contributed by atoms with Crippen molar-refractivity contribution < 1.29 is 17.7 Å². The second-order valence-electron chi connectivity index (χ2n) is 3.93. The zero-order valence-corrected chi connectivity index (χ0v) is 12.0. The molecule has 1 atom stereocenters. The van der Waals surface area contributed by atoms with E-state index >= 15 is 0 Å². The van der Waals surface area contributed by atoms with E-state index < -0.39 is 9.05 Å². The van der Waals surface area contributed by atoms with E-state index in [1.807, 2.05) is 18.2 Å². The van der Waals surface area contributed by atoms with E-state index in [0.29, 0.717) is 18.5 Å². The molecule has 0 aliphatic carbocycles. The Kier molecular flexibility index (Phi) is 6.93. The maximum atomic E-state index is 11.6. The van der Waals surface area contributed by atoms with Crippen molar-refractivity contribution in [1.29, 1.82) is 0 Å². The number of unbranched alkanes of at least 4 members (excludes halogenated alkanes) is 2. The van der Waals surface area contributed by atoms with E-state index in [0.717, 1.165) is 12.8 Å². The Hall–Kier alpha value is -1.02. The van der Waals surface area contributed by atoms with Crippen LogP contribution in [0.4, 0.5) is 0 Å². The fourth-order valence-electron chi connectivity index (χ4n) is 1.46. The lowest BCUT2D eigenvalue weighted by atomic mass is 10.2. The number of rotatable bonds is 8. The first-order chi connectivity index (χ1) is 8.99. The molecule has 1 amide bonds. The minimum Gasteiger partial charge on any atom is -0.352 e. The highest BCUT2D eigenvalue weighted by Gasteiger charge is 2.03. The molecule has 0 fully saturated rings. The van der Waals surface area contributed by atoms with E-state index in [1.54, 1.807) is 12.1 Å². The molecule has 0 aliphatic heterocycles. The highest BCUT2D eigenvalue weighted by atomic mass is 32.9. The van der Waals surface area contributed by atoms with Gasteiger partial charge in [0.2, 0.25) is 0 Å². The Bertz CT molecular complexity index is 488. The molecule has 0 aliphatic rings. The van der Waals surface area contributed by atoms with Gasteiger partial charge in [0.05, 0.1) is 6.61 Å². The number of hydrogen-bond acceptors (Lipinski definition) is 4. The van der Waals surface area contributed by atoms with Crippen LogP contribution in [0.25, 0.3) is 0 Å². The molecule has 0 radical (unpaired) electrons. The molecule has 1 aromatic carbocycles. The molecule has 1 aromatic rings. The van der Waals surface area contributed by atoms with Gasteiger partial charge in [-0.3, -0.25) is 13.5 Å². The normalized spacial score (nSPS) is 13.7. The van der Waals surface area contributed by atoms with Crippen molar-refractivity contribution in [3.05, 3.63) is 35.9 Å². The molecular formula is C12H17NO4S2. The molecule has 5 nitrogen and oxygen atoms in total. The monoisotopic (exact) mass is 303 g/mol. The fourth-order valence-corrected chi connectivity index (χ4v) is 1.99. The van der Waals surface area contributed by atoms with Gasteiger partial charge in [-0.25, -0.2) is 0 Å². The first-order valence-corrected chi connectivity index (χ1v) is 8.30. The van der Waals surface area contributed by atoms with Crippen molar-refractivity contribution in [1.82, 2.24) is 5.32 Å². The number of carbonyl (C=O) groups is 1. The van der Waals surface area contributed by atoms with Gasteiger partial charge in [0.1, 0.15) is 0 Å². The van der Waals surface area contributed by atoms with Crippen LogP contribution in [0, 0.1) is 0 Å². The summed E-state index contributed by atoms with van der Waals surface area (Å²) in [7, 11) is -3.50. The molecule has 1 rings (SSSR count). The Balaban J connectivity index is 2.07. The summed E-state index contributed by atoms with van der Waals surface area (Å²) in [6.45, 7) is 0.724. The van der Waals surface area contributed by atoms with Crippen LogP contribution in [0.2, 0.25) is 0 Å². The lowest BCUT2D eigenvalue weighted by Gasteiger charge is -2.05. The van der Waals surface area contributed by atoms with Crippen LogP contribution in [0.3, 0.4) is 0 Å². The third-order valence-corrected chi connectivity index (χ3v) is 3.13. The average Bonchev–Trinajstić information content (AvgIpc) is 2.37. The molecule has 0 saturated heterocycles. The summed E-state index contributed by atoms with van der Waals surface area (Å²) in [5, 5.41) is 2.80. The lowest BCUT2D eigenvalue weighted by molar-refractivity contribution is 0.0953. The Morgan fingerprint density at radius 3 is 2.58 bits per heavy atom. The van der Waals surface area contributed by atoms with Gasteiger partial charge in [0.15, 0.2) is 0 Å². The highest BCUT2D eigenvalue weighted by Crippen LogP contribution is 2.00. The maximum absolute atomic E-state index is 11.6. The first-order valence-electron chi connectivity index (χ1n) is 5.94. The van der Waals surface area contributed by atoms with Gasteiger partial charge in [-0.15, -0.1) is 0 Å². The predicted octanol–water partition coefficient (Wildman–Crippen LogP) is 1.74. The van der Waals surface area contributed by atoms with Crippen LogP contribution in [-0.2, 0) is 24.4 Å². The Morgan fingerprint density at radius 2 is 1.95 bits per heavy atom. The second kappa shape index (κ2) is 8.21. The van der Waals surface area contributed by atoms with Gasteiger partial charge in [0.25, 0.3) is 15.0 Å². The Labute approximate surface area is 118 Å². The maximum Gasteiger partial charge on any atom is 0.266 e. The lowest BCUT2D eigenvalue weighted by Crippen LogP contribution is -2.24. The van der Waals surface area contributed by atoms with Gasteiger partial charge in [0, 0.05) is 23.3 Å². The molecule has 2 N–H and O–H groups in total. The minimum atomic E-state index is -3.50. The average molecular weight is 303 g/mol. The van der Waals surface area contributed by atoms with Gasteiger partial charge >= 0.3 is 0 Å². The van der Waals surface area contributed by atoms with Crippen LogP contribution < -0.4 is 5.32 Å². The number of amides is 1. The van der Waals surface area contributed by atoms with Crippen molar-refractivity contribution in [3.63, 3.8) is 0 Å². The molecule has 0 spiro atoms. The zero-order valence-electron chi connectivity index (χ0n) is 10.4. The molecule has 7 heteroatoms. The summed E-state index contributed by atoms with van der Waals surface area (Å²) in [5.74, 6) is -0.0965. The third kappa shape index (κ3) is 7.89. The van der Waals surface area contributed by atoms with Crippen molar-refractivity contribution in [2.45, 2.75) is 19.3 Å². The van der Waals surface area contributed by atoms with Crippen LogP contribution in [-0.4, -0.2) is 27.8 Å². The topological polar surface area (TPSA) is 75.6 Å². The summed E-state index contributed by atoms with van der Waals surface area (Å²) in [4.78, 5) is 11.6. The van der Waals surface area contributed by atoms with E-state index in [-0.39, 0.29) is 12.5 Å². The number of hydrogen-bond donors (Lipinski definition) is 2. The number of benzene rings is 1. The summed E-state index contributed by atoms with van der Waals surface area (Å²) in [5.41, 5.74) is 0.636. The zero-order chi connectivity index (χ0) is 14.1. The van der Waals surface area contributed by atoms with Crippen molar-refractivity contribution in [2.24, 2.45) is 0 Å². The largest absolute Gasteiger partial charge is 0.352 e. The molecule has 0 saturated carbocycles. The van der Waals surface area contributed by atoms with Crippen LogP contribution in [0.1, 0.15) is 29.6 Å². The van der Waals surface area contributed by atoms with E-state index in [4.69, 9.17) is 4.55 Å². The van der Waals surface area contributed by atoms with Crippen LogP contribution >= 0.6 is 0 Å². The first kappa shape index (κ1) is 16.0. The fraction of sp³-hybridized carbons (Fsp3) is 0.417. The van der Waals surface area contributed by atoms with E-state index in [1.165, 1.54) is 0 Å². The van der Waals surface area contributed by atoms with Gasteiger partial charge in [-0.05, 0) is 31.4 Å². The molecule has 106 valence electrons. The summed E-state index contributed by atoms with van der Waals surface area (Å²) >= 11 is 4.18. The number of carbonyl (C=O) groups excluding carboxylic acids is 1. The molecular weight excluding hydrogens is 286 g/mol. The summed E-state index contributed by atoms with van der Waals surface area (Å²) < 4.78 is 23.8. The van der Waals surface area contributed by atoms with E-state index in [9.17, 15) is 9.00 Å². The van der Waals surface area contributed by atoms with Gasteiger partial charge in [-0.1, -0.05) is 18.2 Å². The third-order valence-electron chi connectivity index (χ3n) is 2.37. The predicted molar refractivity (Wildman–Crippen MR) is 76.7 cm³/mol. The van der Waals surface area contributed by atoms with Crippen LogP contribution in [0.15, 0.2) is 30.3 Å². The summed E-state index contributed by atoms with van der Waals surface area (Å²) in [6.07, 6.45) is 2.21. The smallest absolute Gasteiger partial charge is 0.266 e. The molecule has 1 unspecified atom stereocenters. The van der Waals surface area contributed by atoms with Crippen molar-refractivity contribution >= 4 is 26.1 Å². The number of nitrogens with one attached hydrogen (secondary N) is 1. The minimum absolute atomic E-state index is 0.0965. The van der Waals surface area contributed by atoms with Gasteiger partial charge in [-0.2, -0.15) is 4.21 Å². The van der Waals surface area contributed by atoms with E-state index in [2.05, 4.69) is 20.7 Å². The second-order valence-corrected chi connectivity index (χ2v) is 6.29. The molecule has 0 heterocycles. The Morgan fingerprint density at radius 1 is 1.26 bits per heavy atom. The van der Waals surface area contributed by atoms with Crippen molar-refractivity contribution in [2.75, 3.05) is 13.2 Å². The van der Waals surface area contributed by atoms with Crippen molar-refractivity contribution in [3.8, 4) is 0 Å². The molecule has 19 heavy (non-hydrogen) atoms. The van der Waals surface area contributed by atoms with Crippen LogP contribution in [0.5, 0.6) is 0 Å². The quantitative estimate of drug-likeness (QED) is 0.715. The SMILES string of the molecule is O=C(NCCCCCOS(=O)(O)=S)c1ccccc1. The standard InChI is InChI=1S/C12H17NO4S2/c14-12(11-7-3-1-4-8-11)13-9-5-2-6-10-17-19(15,16)18/h1,3-4,7-8H,2,5-6,9-10H2,(H,13,14)(H,15,16,18). The summed E-state index contributed by atoms with van der Waals surface area (Å²) in [6, 6.07) is 8.99. The highest BCUT2D eigenvalue weighted by molar-refractivity contribution is 8.27. The van der Waals surface area contributed by atoms with Gasteiger partial charge < -0.3 is 5.32 Å².